The van der Waals surface area contributed by atoms with Crippen molar-refractivity contribution in [2.24, 2.45) is 7.05 Å². The summed E-state index contributed by atoms with van der Waals surface area (Å²) < 4.78 is 1.56. The summed E-state index contributed by atoms with van der Waals surface area (Å²) in [5, 5.41) is 18.8. The summed E-state index contributed by atoms with van der Waals surface area (Å²) in [5.41, 5.74) is 1.76. The van der Waals surface area contributed by atoms with Crippen LogP contribution in [0, 0.1) is 24.0 Å². The lowest BCUT2D eigenvalue weighted by Gasteiger charge is -2.14. The van der Waals surface area contributed by atoms with Gasteiger partial charge in [0, 0.05) is 16.8 Å². The summed E-state index contributed by atoms with van der Waals surface area (Å²) in [6.07, 6.45) is 0.538. The highest BCUT2D eigenvalue weighted by atomic mass is 32.1. The van der Waals surface area contributed by atoms with E-state index in [1.165, 1.54) is 15.3 Å². The molecular weight excluding hydrogens is 288 g/mol. The molecule has 0 aliphatic heterocycles. The van der Waals surface area contributed by atoms with Gasteiger partial charge in [-0.1, -0.05) is 6.92 Å². The van der Waals surface area contributed by atoms with Crippen molar-refractivity contribution >= 4 is 22.8 Å². The van der Waals surface area contributed by atoms with E-state index in [9.17, 15) is 10.1 Å². The molecule has 2 rings (SSSR count). The summed E-state index contributed by atoms with van der Waals surface area (Å²) in [5.74, 6) is 0.465. The average molecular weight is 308 g/mol. The Balaban J connectivity index is 2.37. The quantitative estimate of drug-likeness (QED) is 0.674. The Morgan fingerprint density at radius 3 is 2.67 bits per heavy atom. The molecule has 2 aromatic rings. The highest BCUT2D eigenvalue weighted by Gasteiger charge is 2.27. The van der Waals surface area contributed by atoms with Crippen LogP contribution in [0.3, 0.4) is 0 Å². The van der Waals surface area contributed by atoms with Gasteiger partial charge in [-0.05, 0) is 38.8 Å². The van der Waals surface area contributed by atoms with Crippen molar-refractivity contribution in [3.8, 4) is 0 Å². The Kier molecular flexibility index (Phi) is 4.32. The number of aromatic nitrogens is 2. The van der Waals surface area contributed by atoms with E-state index in [0.29, 0.717) is 17.9 Å². The Morgan fingerprint density at radius 1 is 1.52 bits per heavy atom. The molecule has 0 bridgehead atoms. The van der Waals surface area contributed by atoms with Gasteiger partial charge in [0.05, 0.1) is 11.0 Å². The van der Waals surface area contributed by atoms with Gasteiger partial charge in [-0.25, -0.2) is 4.68 Å². The monoisotopic (exact) mass is 308 g/mol. The van der Waals surface area contributed by atoms with Crippen molar-refractivity contribution in [3.05, 3.63) is 37.2 Å². The van der Waals surface area contributed by atoms with E-state index in [0.717, 1.165) is 0 Å². The Hall–Kier alpha value is -1.89. The number of nitrogens with one attached hydrogen (secondary N) is 1. The fraction of sp³-hybridized carbons (Fsp3) is 0.500. The van der Waals surface area contributed by atoms with Gasteiger partial charge < -0.3 is 5.32 Å². The predicted molar refractivity (Wildman–Crippen MR) is 85.1 cm³/mol. The molecule has 6 nitrogen and oxygen atoms in total. The van der Waals surface area contributed by atoms with Crippen LogP contribution in [0.4, 0.5) is 11.5 Å². The number of hydrogen-bond acceptors (Lipinski definition) is 5. The summed E-state index contributed by atoms with van der Waals surface area (Å²) in [6, 6.07) is 2.12. The van der Waals surface area contributed by atoms with Crippen LogP contribution in [0.25, 0.3) is 0 Å². The van der Waals surface area contributed by atoms with E-state index >= 15 is 0 Å². The molecule has 0 saturated carbocycles. The van der Waals surface area contributed by atoms with E-state index in [-0.39, 0.29) is 16.7 Å². The maximum atomic E-state index is 11.3. The second kappa shape index (κ2) is 5.85. The molecule has 0 fully saturated rings. The first-order valence-electron chi connectivity index (χ1n) is 6.88. The highest BCUT2D eigenvalue weighted by Crippen LogP contribution is 2.33. The molecule has 0 aliphatic carbocycles. The van der Waals surface area contributed by atoms with Crippen LogP contribution in [-0.2, 0) is 13.5 Å². The lowest BCUT2D eigenvalue weighted by molar-refractivity contribution is -0.384. The normalized spacial score (nSPS) is 12.4. The molecule has 1 unspecified atom stereocenters. The lowest BCUT2D eigenvalue weighted by Crippen LogP contribution is -2.11. The fourth-order valence-electron chi connectivity index (χ4n) is 2.52. The summed E-state index contributed by atoms with van der Waals surface area (Å²) in [7, 11) is 1.73. The van der Waals surface area contributed by atoms with E-state index in [2.05, 4.69) is 30.3 Å². The summed E-state index contributed by atoms with van der Waals surface area (Å²) in [6.45, 7) is 8.02. The molecule has 2 aromatic heterocycles. The number of thiophene rings is 1. The first-order valence-corrected chi connectivity index (χ1v) is 7.70. The molecule has 0 aliphatic rings. The molecule has 0 radical (unpaired) electrons. The van der Waals surface area contributed by atoms with Crippen LogP contribution < -0.4 is 5.32 Å². The molecule has 0 amide bonds. The summed E-state index contributed by atoms with van der Waals surface area (Å²) in [4.78, 5) is 13.4. The number of anilines is 1. The molecule has 2 heterocycles. The van der Waals surface area contributed by atoms with Gasteiger partial charge in [0.1, 0.15) is 5.69 Å². The largest absolute Gasteiger partial charge is 0.358 e. The first-order chi connectivity index (χ1) is 9.85. The number of nitrogens with zero attached hydrogens (tertiary/aromatic N) is 3. The van der Waals surface area contributed by atoms with E-state index in [1.54, 1.807) is 23.1 Å². The van der Waals surface area contributed by atoms with Crippen LogP contribution in [0.2, 0.25) is 0 Å². The van der Waals surface area contributed by atoms with Gasteiger partial charge in [0.25, 0.3) is 0 Å². The Morgan fingerprint density at radius 2 is 2.19 bits per heavy atom. The van der Waals surface area contributed by atoms with Gasteiger partial charge >= 0.3 is 5.69 Å². The number of nitro groups is 1. The maximum Gasteiger partial charge on any atom is 0.333 e. The third-order valence-electron chi connectivity index (χ3n) is 3.51. The van der Waals surface area contributed by atoms with E-state index < -0.39 is 0 Å². The van der Waals surface area contributed by atoms with Crippen LogP contribution in [-0.4, -0.2) is 14.7 Å². The zero-order chi connectivity index (χ0) is 15.7. The van der Waals surface area contributed by atoms with Crippen molar-refractivity contribution in [3.63, 3.8) is 0 Å². The van der Waals surface area contributed by atoms with Gasteiger partial charge in [0.2, 0.25) is 5.82 Å². The van der Waals surface area contributed by atoms with Crippen LogP contribution in [0.5, 0.6) is 0 Å². The summed E-state index contributed by atoms with van der Waals surface area (Å²) >= 11 is 1.74. The third kappa shape index (κ3) is 2.92. The van der Waals surface area contributed by atoms with Crippen LogP contribution in [0.15, 0.2) is 6.07 Å². The fourth-order valence-corrected chi connectivity index (χ4v) is 3.55. The zero-order valence-electron chi connectivity index (χ0n) is 12.9. The second-order valence-corrected chi connectivity index (χ2v) is 6.57. The van der Waals surface area contributed by atoms with Crippen molar-refractivity contribution in [1.29, 1.82) is 0 Å². The average Bonchev–Trinajstić information content (AvgIpc) is 2.89. The van der Waals surface area contributed by atoms with Gasteiger partial charge in [0.15, 0.2) is 0 Å². The molecular formula is C14H20N4O2S. The zero-order valence-corrected chi connectivity index (χ0v) is 13.7. The third-order valence-corrected chi connectivity index (χ3v) is 4.49. The Labute approximate surface area is 127 Å². The van der Waals surface area contributed by atoms with Crippen molar-refractivity contribution in [2.75, 3.05) is 5.32 Å². The SMILES string of the molecule is CCc1nn(C)c(NC(C)c2cc(C)sc2C)c1[N+](=O)[O-]. The second-order valence-electron chi connectivity index (χ2n) is 5.11. The van der Waals surface area contributed by atoms with Gasteiger partial charge in [-0.3, -0.25) is 10.1 Å². The predicted octanol–water partition coefficient (Wildman–Crippen LogP) is 3.74. The standard InChI is InChI=1S/C14H20N4O2S/c1-6-12-13(18(19)20)14(17(5)16-12)15-9(3)11-7-8(2)21-10(11)4/h7,9,15H,6H2,1-5H3. The maximum absolute atomic E-state index is 11.3. The van der Waals surface area contributed by atoms with Gasteiger partial charge in [-0.15, -0.1) is 11.3 Å². The van der Waals surface area contributed by atoms with E-state index in [1.807, 2.05) is 13.8 Å². The highest BCUT2D eigenvalue weighted by molar-refractivity contribution is 7.12. The topological polar surface area (TPSA) is 73.0 Å². The minimum Gasteiger partial charge on any atom is -0.358 e. The molecule has 1 N–H and O–H groups in total. The van der Waals surface area contributed by atoms with Crippen LogP contribution in [0.1, 0.15) is 40.9 Å². The minimum absolute atomic E-state index is 0.00578. The van der Waals surface area contributed by atoms with Crippen molar-refractivity contribution < 1.29 is 4.92 Å². The smallest absolute Gasteiger partial charge is 0.333 e. The minimum atomic E-state index is -0.355. The molecule has 0 spiro atoms. The molecule has 7 heteroatoms. The first kappa shape index (κ1) is 15.5. The number of aryl methyl sites for hydroxylation is 4. The van der Waals surface area contributed by atoms with Crippen molar-refractivity contribution in [2.45, 2.75) is 40.2 Å². The lowest BCUT2D eigenvalue weighted by atomic mass is 10.1. The number of rotatable bonds is 5. The van der Waals surface area contributed by atoms with Gasteiger partial charge in [-0.2, -0.15) is 5.10 Å². The van der Waals surface area contributed by atoms with Crippen LogP contribution >= 0.6 is 11.3 Å². The molecule has 0 aromatic carbocycles. The molecule has 114 valence electrons. The molecule has 21 heavy (non-hydrogen) atoms. The van der Waals surface area contributed by atoms with E-state index in [4.69, 9.17) is 0 Å². The van der Waals surface area contributed by atoms with Crippen molar-refractivity contribution in [1.82, 2.24) is 9.78 Å². The molecule has 1 atom stereocenters. The number of hydrogen-bond donors (Lipinski definition) is 1. The molecule has 0 saturated heterocycles. The Bertz CT molecular complexity index is 675.